The van der Waals surface area contributed by atoms with E-state index in [4.69, 9.17) is 11.6 Å². The third kappa shape index (κ3) is 1.48. The summed E-state index contributed by atoms with van der Waals surface area (Å²) in [5.74, 6) is 0. The highest BCUT2D eigenvalue weighted by molar-refractivity contribution is 6.29. The molecule has 2 rings (SSSR count). The van der Waals surface area contributed by atoms with Crippen LogP contribution in [0.25, 0.3) is 11.0 Å². The normalized spacial score (nSPS) is 13.4. The van der Waals surface area contributed by atoms with Crippen molar-refractivity contribution in [3.8, 4) is 0 Å². The summed E-state index contributed by atoms with van der Waals surface area (Å²) in [6.45, 7) is 4.25. The van der Waals surface area contributed by atoms with Crippen molar-refractivity contribution in [1.29, 1.82) is 0 Å². The van der Waals surface area contributed by atoms with Crippen molar-refractivity contribution in [1.82, 2.24) is 14.8 Å². The summed E-state index contributed by atoms with van der Waals surface area (Å²) in [4.78, 5) is 4.27. The van der Waals surface area contributed by atoms with E-state index in [0.29, 0.717) is 11.2 Å². The lowest BCUT2D eigenvalue weighted by Gasteiger charge is -2.09. The second kappa shape index (κ2) is 3.58. The Hall–Kier alpha value is -1.09. The Bertz CT molecular complexity index is 450. The highest BCUT2D eigenvalue weighted by atomic mass is 35.5. The Morgan fingerprint density at radius 3 is 3.00 bits per heavy atom. The van der Waals surface area contributed by atoms with Crippen LogP contribution in [0.4, 0.5) is 0 Å². The summed E-state index contributed by atoms with van der Waals surface area (Å²) >= 11 is 5.84. The summed E-state index contributed by atoms with van der Waals surface area (Å²) in [5.41, 5.74) is 0.867. The Balaban J connectivity index is 2.61. The topological polar surface area (TPSA) is 30.7 Å². The molecule has 0 aliphatic carbocycles. The average molecular weight is 210 g/mol. The molecule has 0 amide bonds. The summed E-state index contributed by atoms with van der Waals surface area (Å²) in [6.07, 6.45) is 2.86. The zero-order valence-electron chi connectivity index (χ0n) is 8.24. The fraction of sp³-hybridized carbons (Fsp3) is 0.400. The monoisotopic (exact) mass is 209 g/mol. The molecule has 4 heteroatoms. The van der Waals surface area contributed by atoms with Crippen molar-refractivity contribution in [3.63, 3.8) is 0 Å². The van der Waals surface area contributed by atoms with E-state index in [1.54, 1.807) is 6.07 Å². The van der Waals surface area contributed by atoms with Gasteiger partial charge in [-0.2, -0.15) is 5.10 Å². The van der Waals surface area contributed by atoms with Crippen LogP contribution in [0, 0.1) is 0 Å². The molecule has 2 heterocycles. The molecular formula is C10H12ClN3. The summed E-state index contributed by atoms with van der Waals surface area (Å²) in [6, 6.07) is 4.08. The van der Waals surface area contributed by atoms with Crippen molar-refractivity contribution >= 4 is 22.6 Å². The first-order valence-corrected chi connectivity index (χ1v) is 5.10. The molecule has 1 unspecified atom stereocenters. The molecule has 0 fully saturated rings. The molecule has 1 atom stereocenters. The van der Waals surface area contributed by atoms with E-state index >= 15 is 0 Å². The molecule has 2 aromatic rings. The molecule has 0 N–H and O–H groups in total. The Morgan fingerprint density at radius 2 is 2.29 bits per heavy atom. The van der Waals surface area contributed by atoms with Crippen LogP contribution in [-0.4, -0.2) is 14.8 Å². The van der Waals surface area contributed by atoms with Crippen molar-refractivity contribution in [2.24, 2.45) is 0 Å². The fourth-order valence-corrected chi connectivity index (χ4v) is 1.54. The first-order chi connectivity index (χ1) is 6.72. The van der Waals surface area contributed by atoms with Crippen molar-refractivity contribution < 1.29 is 0 Å². The standard InChI is InChI=1S/C10H12ClN3/c1-3-7(2)14-10-8(6-12-14)4-5-9(11)13-10/h4-7H,3H2,1-2H3. The lowest BCUT2D eigenvalue weighted by atomic mass is 10.2. The van der Waals surface area contributed by atoms with Crippen molar-refractivity contribution in [3.05, 3.63) is 23.5 Å². The molecule has 0 saturated heterocycles. The number of rotatable bonds is 2. The third-order valence-corrected chi connectivity index (χ3v) is 2.63. The van der Waals surface area contributed by atoms with Gasteiger partial charge in [-0.15, -0.1) is 0 Å². The van der Waals surface area contributed by atoms with Gasteiger partial charge < -0.3 is 0 Å². The van der Waals surface area contributed by atoms with E-state index in [1.807, 2.05) is 16.9 Å². The van der Waals surface area contributed by atoms with Crippen LogP contribution in [0.3, 0.4) is 0 Å². The van der Waals surface area contributed by atoms with E-state index in [1.165, 1.54) is 0 Å². The Morgan fingerprint density at radius 1 is 1.50 bits per heavy atom. The molecular weight excluding hydrogens is 198 g/mol. The van der Waals surface area contributed by atoms with Crippen LogP contribution in [0.15, 0.2) is 18.3 Å². The van der Waals surface area contributed by atoms with Crippen LogP contribution >= 0.6 is 11.6 Å². The summed E-state index contributed by atoms with van der Waals surface area (Å²) < 4.78 is 1.92. The zero-order chi connectivity index (χ0) is 10.1. The summed E-state index contributed by atoms with van der Waals surface area (Å²) in [5, 5.41) is 5.86. The molecule has 0 aliphatic heterocycles. The molecule has 0 radical (unpaired) electrons. The largest absolute Gasteiger partial charge is 0.244 e. The molecule has 14 heavy (non-hydrogen) atoms. The molecule has 3 nitrogen and oxygen atoms in total. The quantitative estimate of drug-likeness (QED) is 0.712. The van der Waals surface area contributed by atoms with E-state index < -0.39 is 0 Å². The molecule has 0 aromatic carbocycles. The van der Waals surface area contributed by atoms with Gasteiger partial charge in [0.1, 0.15) is 5.15 Å². The van der Waals surface area contributed by atoms with E-state index in [0.717, 1.165) is 17.5 Å². The average Bonchev–Trinajstić information content (AvgIpc) is 2.59. The first kappa shape index (κ1) is 9.46. The number of aromatic nitrogens is 3. The Kier molecular flexibility index (Phi) is 2.42. The molecule has 2 aromatic heterocycles. The van der Waals surface area contributed by atoms with Crippen LogP contribution in [0.1, 0.15) is 26.3 Å². The lowest BCUT2D eigenvalue weighted by Crippen LogP contribution is -2.06. The van der Waals surface area contributed by atoms with Gasteiger partial charge in [0.2, 0.25) is 0 Å². The van der Waals surface area contributed by atoms with Crippen LogP contribution in [-0.2, 0) is 0 Å². The van der Waals surface area contributed by atoms with Gasteiger partial charge in [0.15, 0.2) is 5.65 Å². The highest BCUT2D eigenvalue weighted by Gasteiger charge is 2.09. The number of hydrogen-bond donors (Lipinski definition) is 0. The predicted octanol–water partition coefficient (Wildman–Crippen LogP) is 3.06. The van der Waals surface area contributed by atoms with Crippen molar-refractivity contribution in [2.45, 2.75) is 26.3 Å². The van der Waals surface area contributed by atoms with Gasteiger partial charge in [-0.1, -0.05) is 18.5 Å². The van der Waals surface area contributed by atoms with Gasteiger partial charge >= 0.3 is 0 Å². The fourth-order valence-electron chi connectivity index (χ4n) is 1.39. The third-order valence-electron chi connectivity index (χ3n) is 2.42. The maximum atomic E-state index is 5.84. The molecule has 0 saturated carbocycles. The van der Waals surface area contributed by atoms with E-state index in [9.17, 15) is 0 Å². The zero-order valence-corrected chi connectivity index (χ0v) is 8.99. The van der Waals surface area contributed by atoms with E-state index in [2.05, 4.69) is 23.9 Å². The minimum absolute atomic E-state index is 0.360. The SMILES string of the molecule is CCC(C)n1ncc2ccc(Cl)nc21. The Labute approximate surface area is 87.7 Å². The number of hydrogen-bond acceptors (Lipinski definition) is 2. The number of halogens is 1. The molecule has 0 bridgehead atoms. The molecule has 0 spiro atoms. The van der Waals surface area contributed by atoms with Crippen LogP contribution in [0.2, 0.25) is 5.15 Å². The maximum Gasteiger partial charge on any atom is 0.159 e. The number of fused-ring (bicyclic) bond motifs is 1. The number of nitrogens with zero attached hydrogens (tertiary/aromatic N) is 3. The summed E-state index contributed by atoms with van der Waals surface area (Å²) in [7, 11) is 0. The van der Waals surface area contributed by atoms with Gasteiger partial charge in [-0.25, -0.2) is 9.67 Å². The second-order valence-electron chi connectivity index (χ2n) is 3.39. The van der Waals surface area contributed by atoms with Gasteiger partial charge in [-0.05, 0) is 25.5 Å². The number of pyridine rings is 1. The van der Waals surface area contributed by atoms with Gasteiger partial charge in [0, 0.05) is 5.39 Å². The lowest BCUT2D eigenvalue weighted by molar-refractivity contribution is 0.490. The minimum atomic E-state index is 0.360. The van der Waals surface area contributed by atoms with Gasteiger partial charge in [0.25, 0.3) is 0 Å². The van der Waals surface area contributed by atoms with Gasteiger partial charge in [-0.3, -0.25) is 0 Å². The van der Waals surface area contributed by atoms with Crippen molar-refractivity contribution in [2.75, 3.05) is 0 Å². The highest BCUT2D eigenvalue weighted by Crippen LogP contribution is 2.19. The van der Waals surface area contributed by atoms with Gasteiger partial charge in [0.05, 0.1) is 12.2 Å². The first-order valence-electron chi connectivity index (χ1n) is 4.72. The van der Waals surface area contributed by atoms with Crippen LogP contribution in [0.5, 0.6) is 0 Å². The predicted molar refractivity (Wildman–Crippen MR) is 57.5 cm³/mol. The van der Waals surface area contributed by atoms with E-state index in [-0.39, 0.29) is 0 Å². The molecule has 0 aliphatic rings. The smallest absolute Gasteiger partial charge is 0.159 e. The minimum Gasteiger partial charge on any atom is -0.244 e. The maximum absolute atomic E-state index is 5.84. The van der Waals surface area contributed by atoms with Crippen LogP contribution < -0.4 is 0 Å². The second-order valence-corrected chi connectivity index (χ2v) is 3.78. The molecule has 74 valence electrons.